The van der Waals surface area contributed by atoms with Gasteiger partial charge >= 0.3 is 5.97 Å². The molecule has 0 unspecified atom stereocenters. The van der Waals surface area contributed by atoms with Gasteiger partial charge in [0, 0.05) is 23.7 Å². The Labute approximate surface area is 492 Å². The quantitative estimate of drug-likeness (QED) is 0.0644. The lowest BCUT2D eigenvalue weighted by Crippen LogP contribution is -2.67. The largest absolute Gasteiger partial charge is 0.433 e. The third-order valence-electron chi connectivity index (χ3n) is 22.8. The van der Waals surface area contributed by atoms with Crippen LogP contribution in [0.25, 0.3) is 0 Å². The van der Waals surface area contributed by atoms with Crippen LogP contribution >= 0.6 is 0 Å². The van der Waals surface area contributed by atoms with Gasteiger partial charge in [0.15, 0.2) is 31.5 Å². The van der Waals surface area contributed by atoms with Gasteiger partial charge in [-0.1, -0.05) is 52.7 Å². The molecule has 9 fully saturated rings. The number of ether oxygens (including phenoxy) is 12. The highest BCUT2D eigenvalue weighted by molar-refractivity contribution is 5.74. The number of hydrogen-bond donors (Lipinski definition) is 14. The maximum absolute atomic E-state index is 12.8. The van der Waals surface area contributed by atoms with Gasteiger partial charge in [0.1, 0.15) is 104 Å². The summed E-state index contributed by atoms with van der Waals surface area (Å²) in [5.74, 6) is -1.24. The van der Waals surface area contributed by atoms with Gasteiger partial charge in [-0.15, -0.1) is 0 Å². The van der Waals surface area contributed by atoms with Crippen molar-refractivity contribution in [2.24, 2.45) is 39.4 Å². The summed E-state index contributed by atoms with van der Waals surface area (Å²) in [5, 5.41) is 154. The fraction of sp³-hybridized carbons (Fsp3) is 0.948. The predicted molar refractivity (Wildman–Crippen MR) is 283 cm³/mol. The molecular weight excluding hydrogens is 1130 g/mol. The van der Waals surface area contributed by atoms with Crippen LogP contribution in [0.3, 0.4) is 0 Å². The molecule has 0 radical (unpaired) electrons. The van der Waals surface area contributed by atoms with Crippen molar-refractivity contribution in [1.29, 1.82) is 0 Å². The minimum Gasteiger partial charge on any atom is -0.433 e. The Bertz CT molecular complexity index is 2430. The summed E-state index contributed by atoms with van der Waals surface area (Å²) in [6, 6.07) is 0. The van der Waals surface area contributed by atoms with E-state index in [-0.39, 0.29) is 46.6 Å². The lowest BCUT2D eigenvalue weighted by atomic mass is 9.42. The Morgan fingerprint density at radius 1 is 0.553 bits per heavy atom. The molecule has 11 aliphatic rings. The summed E-state index contributed by atoms with van der Waals surface area (Å²) in [7, 11) is 0. The first-order valence-electron chi connectivity index (χ1n) is 30.5. The first-order chi connectivity index (χ1) is 40.0. The van der Waals surface area contributed by atoms with Crippen LogP contribution in [0.2, 0.25) is 0 Å². The Morgan fingerprint density at radius 3 is 1.85 bits per heavy atom. The molecular formula is C58H92O27. The van der Waals surface area contributed by atoms with Gasteiger partial charge < -0.3 is 128 Å². The number of aliphatic hydroxyl groups excluding tert-OH is 14. The van der Waals surface area contributed by atoms with Crippen molar-refractivity contribution in [2.45, 2.75) is 271 Å². The Hall–Kier alpha value is -1.79. The summed E-state index contributed by atoms with van der Waals surface area (Å²) in [4.78, 5) is 12.8. The van der Waals surface area contributed by atoms with Crippen LogP contribution < -0.4 is 0 Å². The molecule has 0 aromatic rings. The van der Waals surface area contributed by atoms with Crippen LogP contribution in [0.15, 0.2) is 11.1 Å². The molecule has 0 amide bonds. The van der Waals surface area contributed by atoms with Gasteiger partial charge in [-0.3, -0.25) is 4.79 Å². The predicted octanol–water partition coefficient (Wildman–Crippen LogP) is -3.05. The van der Waals surface area contributed by atoms with E-state index in [0.717, 1.165) is 38.5 Å². The molecule has 27 nitrogen and oxygen atoms in total. The fourth-order valence-corrected chi connectivity index (χ4v) is 17.6. The number of fused-ring (bicyclic) bond motifs is 5. The van der Waals surface area contributed by atoms with Crippen LogP contribution in [-0.2, 0) is 61.6 Å². The standard InChI is InChI=1S/C58H92O27/c1-23-16-57(84-47(23)73)17-24(2)58(85-57)15-14-55(6)27-8-9-32-53(4,26(27)10-13-56(55,58)7)12-11-33(54(32,5)22-60)80-50-43(72)40(69)37(66)31(79-50)21-76-51-45(36(65)29(62)20-75-51)82-52-46(83-49-42(71)39(68)34(63)25(3)77-49)44(38(67)30(18-59)78-52)81-48-41(70)35(64)28(61)19-74-48/h23-25,28-46,48-52,59-72H,8-22H2,1-7H3/t23-,24-,25+,28+,29+,30-,31-,32-,33+,34+,35+,36+,37-,38-,39-,40+,41-,42-,43-,44+,45-,46-,48+,49+,50+,51+,52+,53-,54-,55+,56+,57+,58+/m1/s1. The second kappa shape index (κ2) is 23.7. The van der Waals surface area contributed by atoms with Crippen molar-refractivity contribution in [2.75, 3.05) is 33.0 Å². The summed E-state index contributed by atoms with van der Waals surface area (Å²) >= 11 is 0. The molecule has 486 valence electrons. The van der Waals surface area contributed by atoms with E-state index in [1.54, 1.807) is 0 Å². The fourth-order valence-electron chi connectivity index (χ4n) is 17.6. The van der Waals surface area contributed by atoms with Crippen molar-refractivity contribution < 1.29 is 133 Å². The van der Waals surface area contributed by atoms with E-state index in [1.807, 2.05) is 13.8 Å². The average Bonchev–Trinajstić information content (AvgIpc) is 1.59. The van der Waals surface area contributed by atoms with E-state index in [9.17, 15) is 76.3 Å². The maximum Gasteiger partial charge on any atom is 0.311 e. The SMILES string of the molecule is C[C@@H]1C[C@]2(C[C@@H](C)[C@]3(CC[C@@]4(C)C5=C(CC[C@@]43C)[C@@]3(C)CC[C@H](O[C@@H]4O[C@H](CO[C@@H]6OC[C@H](O)[C@H](O)[C@H]6O[C@@H]6O[C@H](CO)[C@@H](O)[C@H](O[C@@H]7OC[C@H](O)[C@H](O)[C@H]7O)[C@H]6O[C@@H]6O[C@@H](C)[C@H](O)[C@@H](O)[C@H]6O)[C@@H](O)[C@H](O)[C@H]4O)[C@](C)(CO)[C@@H]3CC5)O2)OC1=O. The zero-order chi connectivity index (χ0) is 61.4. The molecule has 85 heavy (non-hydrogen) atoms. The zero-order valence-corrected chi connectivity index (χ0v) is 49.3. The van der Waals surface area contributed by atoms with Gasteiger partial charge in [0.25, 0.3) is 0 Å². The summed E-state index contributed by atoms with van der Waals surface area (Å²) in [6.45, 7) is 11.6. The molecule has 27 heteroatoms. The number of hydrogen-bond acceptors (Lipinski definition) is 27. The number of carbonyl (C=O) groups excluding carboxylic acids is 1. The molecule has 7 heterocycles. The maximum atomic E-state index is 12.8. The van der Waals surface area contributed by atoms with Crippen molar-refractivity contribution in [3.05, 3.63) is 11.1 Å². The molecule has 0 bridgehead atoms. The monoisotopic (exact) mass is 1220 g/mol. The number of aliphatic hydroxyl groups is 14. The number of allylic oxidation sites excluding steroid dienone is 2. The third-order valence-corrected chi connectivity index (χ3v) is 22.8. The molecule has 33 atom stereocenters. The van der Waals surface area contributed by atoms with Crippen LogP contribution in [0.1, 0.15) is 113 Å². The van der Waals surface area contributed by atoms with Crippen molar-refractivity contribution in [3.63, 3.8) is 0 Å². The van der Waals surface area contributed by atoms with E-state index in [4.69, 9.17) is 56.8 Å². The molecule has 14 N–H and O–H groups in total. The second-order valence-corrected chi connectivity index (χ2v) is 27.5. The molecule has 7 aliphatic heterocycles. The van der Waals surface area contributed by atoms with E-state index in [0.29, 0.717) is 25.7 Å². The molecule has 0 aromatic heterocycles. The normalized spacial score (nSPS) is 56.3. The summed E-state index contributed by atoms with van der Waals surface area (Å²) in [5.41, 5.74) is 0.742. The molecule has 2 spiro atoms. The molecule has 4 aliphatic carbocycles. The smallest absolute Gasteiger partial charge is 0.311 e. The van der Waals surface area contributed by atoms with E-state index >= 15 is 0 Å². The van der Waals surface area contributed by atoms with E-state index in [2.05, 4.69) is 27.7 Å². The van der Waals surface area contributed by atoms with Crippen LogP contribution in [0.5, 0.6) is 0 Å². The molecule has 0 aromatic carbocycles. The topological polar surface area (TPSA) is 411 Å². The first kappa shape index (κ1) is 64.7. The van der Waals surface area contributed by atoms with Crippen molar-refractivity contribution >= 4 is 5.97 Å². The summed E-state index contributed by atoms with van der Waals surface area (Å²) in [6.07, 6.45) is -33.5. The van der Waals surface area contributed by atoms with Crippen molar-refractivity contribution in [3.8, 4) is 0 Å². The van der Waals surface area contributed by atoms with Gasteiger partial charge in [-0.25, -0.2) is 0 Å². The Balaban J connectivity index is 0.797. The lowest BCUT2D eigenvalue weighted by molar-refractivity contribution is -0.404. The minimum absolute atomic E-state index is 0.0824. The third kappa shape index (κ3) is 10.4. The highest BCUT2D eigenvalue weighted by atomic mass is 16.8. The van der Waals surface area contributed by atoms with Crippen LogP contribution in [0, 0.1) is 39.4 Å². The molecule has 7 saturated heterocycles. The number of esters is 1. The van der Waals surface area contributed by atoms with Gasteiger partial charge in [-0.2, -0.15) is 0 Å². The van der Waals surface area contributed by atoms with Gasteiger partial charge in [-0.05, 0) is 81.0 Å². The van der Waals surface area contributed by atoms with Crippen LogP contribution in [0.4, 0.5) is 0 Å². The van der Waals surface area contributed by atoms with Gasteiger partial charge in [0.05, 0.1) is 56.8 Å². The van der Waals surface area contributed by atoms with Gasteiger partial charge in [0.2, 0.25) is 5.79 Å². The number of carbonyl (C=O) groups is 1. The lowest BCUT2D eigenvalue weighted by Gasteiger charge is -2.63. The first-order valence-corrected chi connectivity index (χ1v) is 30.5. The Morgan fingerprint density at radius 2 is 1.18 bits per heavy atom. The summed E-state index contributed by atoms with van der Waals surface area (Å²) < 4.78 is 73.5. The highest BCUT2D eigenvalue weighted by Gasteiger charge is 2.75. The van der Waals surface area contributed by atoms with Crippen LogP contribution in [-0.4, -0.2) is 269 Å². The average molecular weight is 1220 g/mol. The Kier molecular flexibility index (Phi) is 18.1. The number of rotatable bonds is 13. The van der Waals surface area contributed by atoms with Crippen molar-refractivity contribution in [1.82, 2.24) is 0 Å². The molecule has 11 rings (SSSR count). The minimum atomic E-state index is -1.97. The highest BCUT2D eigenvalue weighted by Crippen LogP contribution is 2.76. The molecule has 2 saturated carbocycles. The van der Waals surface area contributed by atoms with E-state index in [1.165, 1.54) is 18.1 Å². The van der Waals surface area contributed by atoms with E-state index < -0.39 is 191 Å². The second-order valence-electron chi connectivity index (χ2n) is 27.5. The zero-order valence-electron chi connectivity index (χ0n) is 49.3.